The molecule has 0 radical (unpaired) electrons. The molecular weight excluding hydrogens is 222 g/mol. The van der Waals surface area contributed by atoms with E-state index in [4.69, 9.17) is 4.74 Å². The van der Waals surface area contributed by atoms with Crippen LogP contribution in [0.2, 0.25) is 0 Å². The molecule has 0 saturated heterocycles. The number of rotatable bonds is 4. The molecule has 2 rings (SSSR count). The van der Waals surface area contributed by atoms with Gasteiger partial charge in [-0.05, 0) is 42.7 Å². The summed E-state index contributed by atoms with van der Waals surface area (Å²) in [5, 5.41) is 3.47. The minimum atomic E-state index is 0.841. The van der Waals surface area contributed by atoms with Crippen molar-refractivity contribution >= 4 is 5.69 Å². The van der Waals surface area contributed by atoms with Crippen LogP contribution in [-0.4, -0.2) is 7.11 Å². The summed E-state index contributed by atoms with van der Waals surface area (Å²) in [5.41, 5.74) is 4.88. The molecule has 0 bridgehead atoms. The van der Waals surface area contributed by atoms with Gasteiger partial charge in [-0.2, -0.15) is 0 Å². The largest absolute Gasteiger partial charge is 0.496 e. The van der Waals surface area contributed by atoms with Gasteiger partial charge in [0.25, 0.3) is 0 Å². The van der Waals surface area contributed by atoms with Gasteiger partial charge in [0.05, 0.1) is 7.11 Å². The Balaban J connectivity index is 2.13. The highest BCUT2D eigenvalue weighted by atomic mass is 16.5. The Bertz CT molecular complexity index is 520. The smallest absolute Gasteiger partial charge is 0.122 e. The molecule has 0 aromatic heterocycles. The molecule has 2 heteroatoms. The number of benzene rings is 2. The lowest BCUT2D eigenvalue weighted by Gasteiger charge is -2.14. The van der Waals surface area contributed by atoms with Crippen molar-refractivity contribution in [2.24, 2.45) is 0 Å². The predicted molar refractivity (Wildman–Crippen MR) is 76.2 cm³/mol. The summed E-state index contributed by atoms with van der Waals surface area (Å²) >= 11 is 0. The molecule has 0 spiro atoms. The molecule has 0 fully saturated rings. The van der Waals surface area contributed by atoms with Gasteiger partial charge in [0.15, 0.2) is 0 Å². The van der Waals surface area contributed by atoms with Crippen molar-refractivity contribution in [2.75, 3.05) is 12.4 Å². The van der Waals surface area contributed by atoms with E-state index >= 15 is 0 Å². The molecular formula is C16H19NO. The minimum Gasteiger partial charge on any atom is -0.496 e. The van der Waals surface area contributed by atoms with Crippen LogP contribution in [0.3, 0.4) is 0 Å². The van der Waals surface area contributed by atoms with E-state index in [2.05, 4.69) is 49.5 Å². The third-order valence-corrected chi connectivity index (χ3v) is 3.28. The van der Waals surface area contributed by atoms with Gasteiger partial charge in [-0.15, -0.1) is 0 Å². The first-order valence-electron chi connectivity index (χ1n) is 6.14. The highest BCUT2D eigenvalue weighted by Crippen LogP contribution is 2.27. The van der Waals surface area contributed by atoms with E-state index in [1.807, 2.05) is 12.1 Å². The minimum absolute atomic E-state index is 0.841. The van der Waals surface area contributed by atoms with Crippen molar-refractivity contribution in [3.63, 3.8) is 0 Å². The molecule has 2 aromatic carbocycles. The van der Waals surface area contributed by atoms with E-state index in [0.29, 0.717) is 0 Å². The average Bonchev–Trinajstić information content (AvgIpc) is 2.42. The molecule has 1 N–H and O–H groups in total. The average molecular weight is 241 g/mol. The summed E-state index contributed by atoms with van der Waals surface area (Å²) in [5.74, 6) is 0.942. The van der Waals surface area contributed by atoms with Crippen LogP contribution < -0.4 is 10.1 Å². The third-order valence-electron chi connectivity index (χ3n) is 3.28. The number of ether oxygens (including phenoxy) is 1. The van der Waals surface area contributed by atoms with Crippen molar-refractivity contribution in [2.45, 2.75) is 20.4 Å². The highest BCUT2D eigenvalue weighted by Gasteiger charge is 2.06. The number of anilines is 1. The molecule has 0 aliphatic heterocycles. The number of nitrogens with one attached hydrogen (secondary N) is 1. The Kier molecular flexibility index (Phi) is 3.88. The van der Waals surface area contributed by atoms with E-state index in [1.165, 1.54) is 16.7 Å². The summed E-state index contributed by atoms with van der Waals surface area (Å²) in [7, 11) is 1.71. The number of hydrogen-bond acceptors (Lipinski definition) is 2. The molecule has 0 atom stereocenters. The molecule has 0 saturated carbocycles. The zero-order valence-electron chi connectivity index (χ0n) is 11.2. The lowest BCUT2D eigenvalue weighted by atomic mass is 10.1. The van der Waals surface area contributed by atoms with Crippen LogP contribution >= 0.6 is 0 Å². The molecule has 0 heterocycles. The van der Waals surface area contributed by atoms with Crippen LogP contribution in [-0.2, 0) is 6.54 Å². The second-order valence-corrected chi connectivity index (χ2v) is 4.40. The van der Waals surface area contributed by atoms with E-state index in [0.717, 1.165) is 18.0 Å². The summed E-state index contributed by atoms with van der Waals surface area (Å²) in [6.07, 6.45) is 0. The van der Waals surface area contributed by atoms with Crippen molar-refractivity contribution in [1.29, 1.82) is 0 Å². The summed E-state index contributed by atoms with van der Waals surface area (Å²) < 4.78 is 5.32. The predicted octanol–water partition coefficient (Wildman–Crippen LogP) is 3.92. The van der Waals surface area contributed by atoms with E-state index < -0.39 is 0 Å². The van der Waals surface area contributed by atoms with Crippen LogP contribution in [0.25, 0.3) is 0 Å². The Morgan fingerprint density at radius 1 is 0.944 bits per heavy atom. The first-order valence-corrected chi connectivity index (χ1v) is 6.14. The van der Waals surface area contributed by atoms with Gasteiger partial charge in [-0.1, -0.05) is 30.3 Å². The molecule has 0 unspecified atom stereocenters. The first kappa shape index (κ1) is 12.5. The maximum absolute atomic E-state index is 5.32. The van der Waals surface area contributed by atoms with E-state index in [-0.39, 0.29) is 0 Å². The zero-order valence-corrected chi connectivity index (χ0v) is 11.2. The second-order valence-electron chi connectivity index (χ2n) is 4.40. The number of hydrogen-bond donors (Lipinski definition) is 1. The molecule has 2 aromatic rings. The van der Waals surface area contributed by atoms with Crippen molar-refractivity contribution in [1.82, 2.24) is 0 Å². The Hall–Kier alpha value is -1.96. The van der Waals surface area contributed by atoms with Gasteiger partial charge in [0.1, 0.15) is 5.75 Å². The Morgan fingerprint density at radius 2 is 1.67 bits per heavy atom. The third kappa shape index (κ3) is 2.65. The van der Waals surface area contributed by atoms with Gasteiger partial charge in [0.2, 0.25) is 0 Å². The van der Waals surface area contributed by atoms with Gasteiger partial charge in [0, 0.05) is 12.2 Å². The Labute approximate surface area is 109 Å². The molecule has 0 amide bonds. The number of methoxy groups -OCH3 is 1. The zero-order chi connectivity index (χ0) is 13.0. The fraction of sp³-hybridized carbons (Fsp3) is 0.250. The summed E-state index contributed by atoms with van der Waals surface area (Å²) in [6, 6.07) is 14.5. The van der Waals surface area contributed by atoms with Crippen LogP contribution in [0.15, 0.2) is 42.5 Å². The van der Waals surface area contributed by atoms with E-state index in [1.54, 1.807) is 7.11 Å². The highest BCUT2D eigenvalue weighted by molar-refractivity contribution is 5.58. The summed E-state index contributed by atoms with van der Waals surface area (Å²) in [6.45, 7) is 5.04. The standard InChI is InChI=1S/C16H19NO/c1-12-13(2)16(18-3)10-9-15(12)17-11-14-7-5-4-6-8-14/h4-10,17H,11H2,1-3H3. The Morgan fingerprint density at radius 3 is 2.33 bits per heavy atom. The van der Waals surface area contributed by atoms with Gasteiger partial charge < -0.3 is 10.1 Å². The molecule has 18 heavy (non-hydrogen) atoms. The monoisotopic (exact) mass is 241 g/mol. The molecule has 2 nitrogen and oxygen atoms in total. The molecule has 94 valence electrons. The summed E-state index contributed by atoms with van der Waals surface area (Å²) in [4.78, 5) is 0. The second kappa shape index (κ2) is 5.58. The lowest BCUT2D eigenvalue weighted by molar-refractivity contribution is 0.411. The SMILES string of the molecule is COc1ccc(NCc2ccccc2)c(C)c1C. The van der Waals surface area contributed by atoms with Crippen LogP contribution in [0.1, 0.15) is 16.7 Å². The van der Waals surface area contributed by atoms with Gasteiger partial charge in [-0.3, -0.25) is 0 Å². The topological polar surface area (TPSA) is 21.3 Å². The van der Waals surface area contributed by atoms with Crippen molar-refractivity contribution in [3.8, 4) is 5.75 Å². The van der Waals surface area contributed by atoms with Crippen LogP contribution in [0, 0.1) is 13.8 Å². The van der Waals surface area contributed by atoms with Gasteiger partial charge >= 0.3 is 0 Å². The lowest BCUT2D eigenvalue weighted by Crippen LogP contribution is -2.02. The van der Waals surface area contributed by atoms with Crippen molar-refractivity contribution < 1.29 is 4.74 Å². The van der Waals surface area contributed by atoms with Crippen LogP contribution in [0.5, 0.6) is 5.75 Å². The maximum atomic E-state index is 5.32. The van der Waals surface area contributed by atoms with Gasteiger partial charge in [-0.25, -0.2) is 0 Å². The maximum Gasteiger partial charge on any atom is 0.122 e. The fourth-order valence-corrected chi connectivity index (χ4v) is 2.00. The molecule has 0 aliphatic carbocycles. The first-order chi connectivity index (χ1) is 8.72. The fourth-order valence-electron chi connectivity index (χ4n) is 2.00. The normalized spacial score (nSPS) is 10.2. The van der Waals surface area contributed by atoms with Crippen molar-refractivity contribution in [3.05, 3.63) is 59.2 Å². The van der Waals surface area contributed by atoms with Crippen LogP contribution in [0.4, 0.5) is 5.69 Å². The molecule has 0 aliphatic rings. The van der Waals surface area contributed by atoms with E-state index in [9.17, 15) is 0 Å². The quantitative estimate of drug-likeness (QED) is 0.875.